The van der Waals surface area contributed by atoms with Crippen molar-refractivity contribution in [2.75, 3.05) is 44.3 Å². The van der Waals surface area contributed by atoms with Gasteiger partial charge in [0.05, 0.1) is 12.0 Å². The van der Waals surface area contributed by atoms with Crippen molar-refractivity contribution in [2.45, 2.75) is 64.2 Å². The lowest BCUT2D eigenvalue weighted by atomic mass is 9.81. The molecule has 0 aromatic carbocycles. The normalized spacial score (nSPS) is 31.1. The number of nitrogens with zero attached hydrogens (tertiary/aromatic N) is 3. The molecule has 0 spiro atoms. The fourth-order valence-electron chi connectivity index (χ4n) is 5.60. The van der Waals surface area contributed by atoms with E-state index >= 15 is 0 Å². The topological polar surface area (TPSA) is 57.7 Å². The number of pyridine rings is 1. The van der Waals surface area contributed by atoms with Crippen LogP contribution in [0.3, 0.4) is 0 Å². The van der Waals surface area contributed by atoms with Gasteiger partial charge in [0, 0.05) is 44.9 Å². The highest BCUT2D eigenvalue weighted by molar-refractivity contribution is 5.83. The Kier molecular flexibility index (Phi) is 7.19. The molecule has 2 saturated heterocycles. The second kappa shape index (κ2) is 9.78. The molecule has 33 heavy (non-hydrogen) atoms. The van der Waals surface area contributed by atoms with E-state index in [9.17, 15) is 18.0 Å². The summed E-state index contributed by atoms with van der Waals surface area (Å²) in [6, 6.07) is 4.76. The molecule has 1 aromatic heterocycles. The van der Waals surface area contributed by atoms with Gasteiger partial charge in [-0.3, -0.25) is 4.79 Å². The highest BCUT2D eigenvalue weighted by Crippen LogP contribution is 2.43. The van der Waals surface area contributed by atoms with Crippen LogP contribution in [0.15, 0.2) is 18.2 Å². The summed E-state index contributed by atoms with van der Waals surface area (Å²) in [4.78, 5) is 21.1. The second-order valence-corrected chi connectivity index (χ2v) is 9.85. The van der Waals surface area contributed by atoms with E-state index in [2.05, 4.69) is 24.1 Å². The number of piperazine rings is 1. The molecular weight excluding hydrogens is 433 g/mol. The molecule has 1 amide bonds. The number of ether oxygens (including phenoxy) is 1. The number of hydrogen-bond donors (Lipinski definition) is 1. The van der Waals surface area contributed by atoms with E-state index in [1.807, 2.05) is 9.80 Å². The summed E-state index contributed by atoms with van der Waals surface area (Å²) in [5.74, 6) is 0.993. The first-order valence-corrected chi connectivity index (χ1v) is 12.1. The van der Waals surface area contributed by atoms with Gasteiger partial charge in [-0.15, -0.1) is 0 Å². The number of nitrogens with one attached hydrogen (secondary N) is 1. The molecule has 0 radical (unpaired) electrons. The average molecular weight is 469 g/mol. The number of aromatic nitrogens is 1. The van der Waals surface area contributed by atoms with Gasteiger partial charge in [-0.05, 0) is 50.2 Å². The maximum atomic E-state index is 13.6. The quantitative estimate of drug-likeness (QED) is 0.714. The van der Waals surface area contributed by atoms with Crippen LogP contribution in [-0.2, 0) is 15.7 Å². The van der Waals surface area contributed by atoms with Gasteiger partial charge in [-0.1, -0.05) is 19.9 Å². The van der Waals surface area contributed by atoms with E-state index in [1.165, 1.54) is 6.07 Å². The fraction of sp³-hybridized carbons (Fsp3) is 0.750. The Morgan fingerprint density at radius 1 is 1.24 bits per heavy atom. The molecule has 3 aliphatic rings. The maximum absolute atomic E-state index is 13.6. The summed E-state index contributed by atoms with van der Waals surface area (Å²) in [7, 11) is 0. The Morgan fingerprint density at radius 2 is 2.00 bits per heavy atom. The average Bonchev–Trinajstić information content (AvgIpc) is 3.24. The van der Waals surface area contributed by atoms with Crippen LogP contribution in [0.2, 0.25) is 0 Å². The number of anilines is 1. The molecule has 2 unspecified atom stereocenters. The third kappa shape index (κ3) is 5.29. The van der Waals surface area contributed by atoms with Gasteiger partial charge < -0.3 is 19.9 Å². The number of halogens is 3. The van der Waals surface area contributed by atoms with E-state index in [-0.39, 0.29) is 11.3 Å². The molecule has 3 fully saturated rings. The fourth-order valence-corrected chi connectivity index (χ4v) is 5.60. The van der Waals surface area contributed by atoms with Crippen LogP contribution in [-0.4, -0.2) is 67.3 Å². The monoisotopic (exact) mass is 468 g/mol. The third-order valence-corrected chi connectivity index (χ3v) is 7.75. The van der Waals surface area contributed by atoms with Crippen LogP contribution in [0.5, 0.6) is 0 Å². The Morgan fingerprint density at radius 3 is 2.67 bits per heavy atom. The maximum Gasteiger partial charge on any atom is 0.433 e. The largest absolute Gasteiger partial charge is 0.433 e. The minimum atomic E-state index is -4.46. The predicted octanol–water partition coefficient (Wildman–Crippen LogP) is 3.71. The minimum Gasteiger partial charge on any atom is -0.381 e. The van der Waals surface area contributed by atoms with Crippen LogP contribution in [0.4, 0.5) is 19.0 Å². The molecule has 1 aromatic rings. The van der Waals surface area contributed by atoms with Crippen molar-refractivity contribution in [1.82, 2.24) is 15.2 Å². The third-order valence-electron chi connectivity index (χ3n) is 7.75. The summed E-state index contributed by atoms with van der Waals surface area (Å²) in [6.07, 6.45) is 0.0857. The van der Waals surface area contributed by atoms with Crippen molar-refractivity contribution in [3.63, 3.8) is 0 Å². The van der Waals surface area contributed by atoms with Gasteiger partial charge in [0.15, 0.2) is 0 Å². The van der Waals surface area contributed by atoms with E-state index in [0.717, 1.165) is 51.4 Å². The van der Waals surface area contributed by atoms with E-state index in [1.54, 1.807) is 6.07 Å². The highest BCUT2D eigenvalue weighted by atomic mass is 19.4. The molecule has 4 rings (SSSR count). The molecule has 3 heterocycles. The molecule has 1 N–H and O–H groups in total. The number of amides is 1. The SMILES string of the molecule is CC[C@]1(C(=O)N2CCN(c3cccc(C(F)(F)F)n3)CC2)CC[C@H](NC2CCOCC2C)C1. The Hall–Kier alpha value is -1.87. The van der Waals surface area contributed by atoms with E-state index in [4.69, 9.17) is 4.74 Å². The lowest BCUT2D eigenvalue weighted by molar-refractivity contribution is -0.142. The standard InChI is InChI=1S/C24H35F3N4O2/c1-3-23(9-7-18(15-23)28-19-8-14-33-16-17(19)2)22(32)31-12-10-30(11-13-31)21-6-4-5-20(29-21)24(25,26)27/h4-6,17-19,28H,3,7-16H2,1-2H3/t17?,18-,19?,23-/m0/s1. The molecule has 4 atom stereocenters. The van der Waals surface area contributed by atoms with Gasteiger partial charge in [0.25, 0.3) is 0 Å². The van der Waals surface area contributed by atoms with Gasteiger partial charge >= 0.3 is 6.18 Å². The molecular formula is C24H35F3N4O2. The van der Waals surface area contributed by atoms with Crippen LogP contribution in [0, 0.1) is 11.3 Å². The van der Waals surface area contributed by atoms with Crippen molar-refractivity contribution >= 4 is 11.7 Å². The van der Waals surface area contributed by atoms with Crippen LogP contribution in [0.1, 0.15) is 51.6 Å². The predicted molar refractivity (Wildman–Crippen MR) is 120 cm³/mol. The number of carbonyl (C=O) groups is 1. The molecule has 1 aliphatic carbocycles. The minimum absolute atomic E-state index is 0.200. The highest BCUT2D eigenvalue weighted by Gasteiger charge is 2.46. The molecule has 2 aliphatic heterocycles. The summed E-state index contributed by atoms with van der Waals surface area (Å²) >= 11 is 0. The van der Waals surface area contributed by atoms with Crippen LogP contribution >= 0.6 is 0 Å². The Bertz CT molecular complexity index is 828. The molecule has 1 saturated carbocycles. The first kappa shape index (κ1) is 24.3. The zero-order valence-corrected chi connectivity index (χ0v) is 19.5. The van der Waals surface area contributed by atoms with Gasteiger partial charge in [0.1, 0.15) is 11.5 Å². The summed E-state index contributed by atoms with van der Waals surface area (Å²) in [6.45, 7) is 7.87. The zero-order valence-electron chi connectivity index (χ0n) is 19.5. The van der Waals surface area contributed by atoms with E-state index < -0.39 is 11.9 Å². The second-order valence-electron chi connectivity index (χ2n) is 9.85. The Balaban J connectivity index is 1.35. The van der Waals surface area contributed by atoms with Gasteiger partial charge in [0.2, 0.25) is 5.91 Å². The number of hydrogen-bond acceptors (Lipinski definition) is 5. The summed E-state index contributed by atoms with van der Waals surface area (Å²) in [5.41, 5.74) is -1.23. The number of carbonyl (C=O) groups excluding carboxylic acids is 1. The Labute approximate surface area is 193 Å². The first-order chi connectivity index (χ1) is 15.7. The van der Waals surface area contributed by atoms with Crippen molar-refractivity contribution in [1.29, 1.82) is 0 Å². The van der Waals surface area contributed by atoms with Crippen LogP contribution in [0.25, 0.3) is 0 Å². The first-order valence-electron chi connectivity index (χ1n) is 12.1. The van der Waals surface area contributed by atoms with Gasteiger partial charge in [-0.25, -0.2) is 4.98 Å². The van der Waals surface area contributed by atoms with Crippen molar-refractivity contribution in [3.8, 4) is 0 Å². The van der Waals surface area contributed by atoms with Crippen molar-refractivity contribution in [2.24, 2.45) is 11.3 Å². The van der Waals surface area contributed by atoms with Crippen LogP contribution < -0.4 is 10.2 Å². The van der Waals surface area contributed by atoms with E-state index in [0.29, 0.717) is 50.0 Å². The number of rotatable bonds is 5. The lowest BCUT2D eigenvalue weighted by Crippen LogP contribution is -2.53. The molecule has 6 nitrogen and oxygen atoms in total. The van der Waals surface area contributed by atoms with Crippen molar-refractivity contribution < 1.29 is 22.7 Å². The number of alkyl halides is 3. The summed E-state index contributed by atoms with van der Waals surface area (Å²) in [5, 5.41) is 3.80. The molecule has 184 valence electrons. The smallest absolute Gasteiger partial charge is 0.381 e. The lowest BCUT2D eigenvalue weighted by Gasteiger charge is -2.40. The molecule has 0 bridgehead atoms. The summed E-state index contributed by atoms with van der Waals surface area (Å²) < 4.78 is 44.6. The van der Waals surface area contributed by atoms with Crippen molar-refractivity contribution in [3.05, 3.63) is 23.9 Å². The zero-order chi connectivity index (χ0) is 23.6. The van der Waals surface area contributed by atoms with Gasteiger partial charge in [-0.2, -0.15) is 13.2 Å². The molecule has 9 heteroatoms.